The monoisotopic (exact) mass is 395 g/mol. The quantitative estimate of drug-likeness (QED) is 0.681. The van der Waals surface area contributed by atoms with Crippen molar-refractivity contribution in [1.29, 1.82) is 0 Å². The van der Waals surface area contributed by atoms with Crippen LogP contribution >= 0.6 is 0 Å². The Bertz CT molecular complexity index is 1010. The lowest BCUT2D eigenvalue weighted by Gasteiger charge is -2.23. The molecule has 0 heterocycles. The van der Waals surface area contributed by atoms with Crippen LogP contribution in [-0.2, 0) is 4.74 Å². The summed E-state index contributed by atoms with van der Waals surface area (Å²) in [5, 5.41) is 9.29. The van der Waals surface area contributed by atoms with Crippen LogP contribution in [-0.4, -0.2) is 31.0 Å². The van der Waals surface area contributed by atoms with Crippen molar-refractivity contribution >= 4 is 11.8 Å². The molecule has 29 heavy (non-hydrogen) atoms. The highest BCUT2D eigenvalue weighted by molar-refractivity contribution is 5.88. The number of aliphatic hydroxyl groups is 1. The molecule has 4 rings (SSSR count). The Labute approximate surface area is 167 Å². The van der Waals surface area contributed by atoms with Crippen molar-refractivity contribution in [1.82, 2.24) is 0 Å². The first-order valence-corrected chi connectivity index (χ1v) is 9.28. The van der Waals surface area contributed by atoms with Gasteiger partial charge < -0.3 is 9.84 Å². The molecule has 4 nitrogen and oxygen atoms in total. The van der Waals surface area contributed by atoms with E-state index in [4.69, 9.17) is 4.74 Å². The van der Waals surface area contributed by atoms with Gasteiger partial charge in [0.25, 0.3) is 0 Å². The predicted molar refractivity (Wildman–Crippen MR) is 106 cm³/mol. The molecule has 0 saturated carbocycles. The second-order valence-electron chi connectivity index (χ2n) is 6.77. The van der Waals surface area contributed by atoms with Crippen molar-refractivity contribution in [3.05, 3.63) is 89.5 Å². The van der Waals surface area contributed by atoms with Gasteiger partial charge in [-0.05, 0) is 34.4 Å². The smallest absolute Gasteiger partial charge is 0.414 e. The van der Waals surface area contributed by atoms with Crippen LogP contribution < -0.4 is 4.90 Å². The SMILES string of the molecule is O=C(OCC1c2ccccc2-c2ccccc21)N(CCO)c1ccc(F)cc1F. The Hall–Kier alpha value is -3.25. The summed E-state index contributed by atoms with van der Waals surface area (Å²) >= 11 is 0. The minimum atomic E-state index is -0.896. The van der Waals surface area contributed by atoms with E-state index in [2.05, 4.69) is 0 Å². The number of fused-ring (bicyclic) bond motifs is 3. The van der Waals surface area contributed by atoms with Gasteiger partial charge in [0.2, 0.25) is 0 Å². The van der Waals surface area contributed by atoms with Gasteiger partial charge in [-0.25, -0.2) is 13.6 Å². The van der Waals surface area contributed by atoms with Crippen LogP contribution in [0.3, 0.4) is 0 Å². The molecule has 0 aliphatic heterocycles. The average molecular weight is 395 g/mol. The third-order valence-corrected chi connectivity index (χ3v) is 5.08. The fourth-order valence-corrected chi connectivity index (χ4v) is 3.78. The summed E-state index contributed by atoms with van der Waals surface area (Å²) in [4.78, 5) is 13.7. The van der Waals surface area contributed by atoms with Crippen molar-refractivity contribution < 1.29 is 23.4 Å². The highest BCUT2D eigenvalue weighted by atomic mass is 19.1. The number of amides is 1. The molecular weight excluding hydrogens is 376 g/mol. The van der Waals surface area contributed by atoms with E-state index in [-0.39, 0.29) is 31.4 Å². The lowest BCUT2D eigenvalue weighted by Crippen LogP contribution is -2.35. The molecular formula is C23H19F2NO3. The van der Waals surface area contributed by atoms with Crippen LogP contribution in [0.2, 0.25) is 0 Å². The lowest BCUT2D eigenvalue weighted by molar-refractivity contribution is 0.148. The van der Waals surface area contributed by atoms with Crippen molar-refractivity contribution in [2.24, 2.45) is 0 Å². The van der Waals surface area contributed by atoms with Gasteiger partial charge in [0.1, 0.15) is 18.2 Å². The Morgan fingerprint density at radius 2 is 1.59 bits per heavy atom. The molecule has 6 heteroatoms. The van der Waals surface area contributed by atoms with Crippen LogP contribution in [0.1, 0.15) is 17.0 Å². The van der Waals surface area contributed by atoms with Gasteiger partial charge in [-0.1, -0.05) is 48.5 Å². The molecule has 0 bridgehead atoms. The highest BCUT2D eigenvalue weighted by Gasteiger charge is 2.30. The zero-order valence-electron chi connectivity index (χ0n) is 15.5. The molecule has 0 fully saturated rings. The average Bonchev–Trinajstić information content (AvgIpc) is 3.05. The number of benzene rings is 3. The first kappa shape index (κ1) is 19.1. The summed E-state index contributed by atoms with van der Waals surface area (Å²) in [6.45, 7) is -0.488. The van der Waals surface area contributed by atoms with Crippen LogP contribution in [0.15, 0.2) is 66.7 Å². The van der Waals surface area contributed by atoms with Crippen LogP contribution in [0.5, 0.6) is 0 Å². The number of aliphatic hydroxyl groups excluding tert-OH is 1. The van der Waals surface area contributed by atoms with Gasteiger partial charge in [-0.15, -0.1) is 0 Å². The molecule has 0 saturated heterocycles. The second-order valence-corrected chi connectivity index (χ2v) is 6.77. The van der Waals surface area contributed by atoms with E-state index in [1.165, 1.54) is 0 Å². The summed E-state index contributed by atoms with van der Waals surface area (Å²) in [6.07, 6.45) is -0.800. The molecule has 3 aromatic rings. The fourth-order valence-electron chi connectivity index (χ4n) is 3.78. The first-order chi connectivity index (χ1) is 14.1. The topological polar surface area (TPSA) is 49.8 Å². The summed E-state index contributed by atoms with van der Waals surface area (Å²) in [5.41, 5.74) is 4.17. The molecule has 0 unspecified atom stereocenters. The van der Waals surface area contributed by atoms with Gasteiger partial charge in [-0.2, -0.15) is 0 Å². The molecule has 0 atom stereocenters. The van der Waals surface area contributed by atoms with E-state index in [1.807, 2.05) is 48.5 Å². The number of rotatable bonds is 5. The van der Waals surface area contributed by atoms with Gasteiger partial charge in [0, 0.05) is 12.0 Å². The van der Waals surface area contributed by atoms with E-state index >= 15 is 0 Å². The van der Waals surface area contributed by atoms with Crippen LogP contribution in [0.4, 0.5) is 19.3 Å². The highest BCUT2D eigenvalue weighted by Crippen LogP contribution is 2.44. The molecule has 0 spiro atoms. The molecule has 1 aliphatic rings. The standard InChI is InChI=1S/C23H19F2NO3/c24-15-9-10-22(21(25)13-15)26(11-12-27)23(28)29-14-20-18-7-3-1-5-16(18)17-6-2-4-8-19(17)20/h1-10,13,20,27H,11-12,14H2. The Balaban J connectivity index is 1.57. The minimum Gasteiger partial charge on any atom is -0.448 e. The maximum absolute atomic E-state index is 14.1. The third-order valence-electron chi connectivity index (χ3n) is 5.08. The summed E-state index contributed by atoms with van der Waals surface area (Å²) in [5.74, 6) is -1.78. The normalized spacial score (nSPS) is 12.4. The molecule has 148 valence electrons. The van der Waals surface area contributed by atoms with E-state index in [9.17, 15) is 18.7 Å². The number of hydrogen-bond donors (Lipinski definition) is 1. The zero-order valence-corrected chi connectivity index (χ0v) is 15.5. The van der Waals surface area contributed by atoms with Gasteiger partial charge in [-0.3, -0.25) is 4.90 Å². The Kier molecular flexibility index (Phi) is 5.27. The van der Waals surface area contributed by atoms with Crippen LogP contribution in [0.25, 0.3) is 11.1 Å². The summed E-state index contributed by atoms with van der Waals surface area (Å²) in [6, 6.07) is 18.8. The third kappa shape index (κ3) is 3.59. The Morgan fingerprint density at radius 3 is 2.17 bits per heavy atom. The molecule has 3 aromatic carbocycles. The second kappa shape index (κ2) is 8.01. The number of hydrogen-bond acceptors (Lipinski definition) is 3. The number of carbonyl (C=O) groups excluding carboxylic acids is 1. The summed E-state index contributed by atoms with van der Waals surface area (Å²) in [7, 11) is 0. The number of nitrogens with zero attached hydrogens (tertiary/aromatic N) is 1. The van der Waals surface area contributed by atoms with Gasteiger partial charge in [0.05, 0.1) is 18.8 Å². The molecule has 1 N–H and O–H groups in total. The lowest BCUT2D eigenvalue weighted by atomic mass is 9.98. The van der Waals surface area contributed by atoms with E-state index in [1.54, 1.807) is 0 Å². The largest absolute Gasteiger partial charge is 0.448 e. The van der Waals surface area contributed by atoms with Crippen molar-refractivity contribution in [2.75, 3.05) is 24.7 Å². The molecule has 0 radical (unpaired) electrons. The minimum absolute atomic E-state index is 0.0671. The maximum atomic E-state index is 14.1. The van der Waals surface area contributed by atoms with Crippen molar-refractivity contribution in [2.45, 2.75) is 5.92 Å². The molecule has 0 aromatic heterocycles. The number of ether oxygens (including phenoxy) is 1. The number of halogens is 2. The fraction of sp³-hybridized carbons (Fsp3) is 0.174. The van der Waals surface area contributed by atoms with E-state index in [0.29, 0.717) is 6.07 Å². The molecule has 1 aliphatic carbocycles. The summed E-state index contributed by atoms with van der Waals surface area (Å²) < 4.78 is 32.9. The predicted octanol–water partition coefficient (Wildman–Crippen LogP) is 4.71. The molecule has 1 amide bonds. The van der Waals surface area contributed by atoms with Gasteiger partial charge >= 0.3 is 6.09 Å². The van der Waals surface area contributed by atoms with Crippen LogP contribution in [0, 0.1) is 11.6 Å². The maximum Gasteiger partial charge on any atom is 0.414 e. The van der Waals surface area contributed by atoms with Crippen molar-refractivity contribution in [3.63, 3.8) is 0 Å². The van der Waals surface area contributed by atoms with E-state index in [0.717, 1.165) is 39.3 Å². The first-order valence-electron chi connectivity index (χ1n) is 9.28. The Morgan fingerprint density at radius 1 is 0.966 bits per heavy atom. The number of carbonyl (C=O) groups is 1. The zero-order chi connectivity index (χ0) is 20.4. The van der Waals surface area contributed by atoms with E-state index < -0.39 is 17.7 Å². The van der Waals surface area contributed by atoms with Gasteiger partial charge in [0.15, 0.2) is 0 Å². The van der Waals surface area contributed by atoms with Crippen molar-refractivity contribution in [3.8, 4) is 11.1 Å². The number of anilines is 1.